The zero-order valence-corrected chi connectivity index (χ0v) is 18.1. The van der Waals surface area contributed by atoms with E-state index in [-0.39, 0.29) is 40.4 Å². The maximum absolute atomic E-state index is 14.3. The lowest BCUT2D eigenvalue weighted by molar-refractivity contribution is 0.0600. The molecular formula is C22H19F2N9O. The van der Waals surface area contributed by atoms with Gasteiger partial charge in [-0.15, -0.1) is 5.10 Å². The molecule has 2 N–H and O–H groups in total. The van der Waals surface area contributed by atoms with E-state index in [0.29, 0.717) is 23.8 Å². The number of carbonyl (C=O) groups is 1. The van der Waals surface area contributed by atoms with Crippen LogP contribution in [-0.2, 0) is 0 Å². The van der Waals surface area contributed by atoms with Crippen LogP contribution >= 0.6 is 0 Å². The van der Waals surface area contributed by atoms with Gasteiger partial charge in [0.05, 0.1) is 5.39 Å². The molecule has 1 fully saturated rings. The number of aromatic nitrogens is 7. The summed E-state index contributed by atoms with van der Waals surface area (Å²) in [7, 11) is 0. The van der Waals surface area contributed by atoms with Gasteiger partial charge in [-0.3, -0.25) is 9.20 Å². The molecule has 5 heterocycles. The number of benzene rings is 1. The number of hydrogen-bond donors (Lipinski definition) is 1. The Morgan fingerprint density at radius 2 is 2.03 bits per heavy atom. The molecule has 1 aromatic carbocycles. The molecule has 1 unspecified atom stereocenters. The SMILES string of the molecule is C[C@H]1CCC(c2nc3c4cc(F)cc(F)c4nc(N)n3n2)CN1C(=O)c1cn2cccnc2n1. The fourth-order valence-electron chi connectivity index (χ4n) is 4.53. The molecule has 1 aliphatic rings. The average Bonchev–Trinajstić information content (AvgIpc) is 3.45. The topological polar surface area (TPSA) is 120 Å². The van der Waals surface area contributed by atoms with Crippen molar-refractivity contribution in [3.63, 3.8) is 0 Å². The van der Waals surface area contributed by atoms with Gasteiger partial charge in [-0.1, -0.05) is 0 Å². The van der Waals surface area contributed by atoms with Gasteiger partial charge >= 0.3 is 0 Å². The van der Waals surface area contributed by atoms with Crippen LogP contribution in [0.4, 0.5) is 14.7 Å². The highest BCUT2D eigenvalue weighted by Crippen LogP contribution is 2.31. The lowest BCUT2D eigenvalue weighted by atomic mass is 9.92. The van der Waals surface area contributed by atoms with E-state index in [1.165, 1.54) is 4.52 Å². The molecule has 1 amide bonds. The van der Waals surface area contributed by atoms with Crippen LogP contribution in [0.5, 0.6) is 0 Å². The van der Waals surface area contributed by atoms with Gasteiger partial charge in [0, 0.05) is 43.2 Å². The predicted octanol–water partition coefficient (Wildman–Crippen LogP) is 2.59. The number of amides is 1. The monoisotopic (exact) mass is 463 g/mol. The lowest BCUT2D eigenvalue weighted by Gasteiger charge is -2.36. The Labute approximate surface area is 191 Å². The summed E-state index contributed by atoms with van der Waals surface area (Å²) >= 11 is 0. The molecule has 34 heavy (non-hydrogen) atoms. The number of nitrogens with two attached hydrogens (primary N) is 1. The van der Waals surface area contributed by atoms with E-state index in [2.05, 4.69) is 25.0 Å². The number of carbonyl (C=O) groups excluding carboxylic acids is 1. The summed E-state index contributed by atoms with van der Waals surface area (Å²) in [5.74, 6) is -1.13. The summed E-state index contributed by atoms with van der Waals surface area (Å²) in [6.07, 6.45) is 6.53. The molecule has 0 bridgehead atoms. The lowest BCUT2D eigenvalue weighted by Crippen LogP contribution is -2.45. The van der Waals surface area contributed by atoms with Crippen molar-refractivity contribution >= 4 is 34.2 Å². The number of anilines is 1. The van der Waals surface area contributed by atoms with Crippen molar-refractivity contribution in [3.8, 4) is 0 Å². The van der Waals surface area contributed by atoms with Crippen molar-refractivity contribution in [3.05, 3.63) is 59.9 Å². The zero-order chi connectivity index (χ0) is 23.6. The van der Waals surface area contributed by atoms with E-state index < -0.39 is 11.6 Å². The van der Waals surface area contributed by atoms with Crippen LogP contribution in [0.1, 0.15) is 42.0 Å². The first-order valence-electron chi connectivity index (χ1n) is 10.8. The first-order valence-corrected chi connectivity index (χ1v) is 10.8. The highest BCUT2D eigenvalue weighted by atomic mass is 19.1. The molecule has 6 rings (SSSR count). The molecule has 0 spiro atoms. The molecule has 0 radical (unpaired) electrons. The van der Waals surface area contributed by atoms with Gasteiger partial charge in [0.1, 0.15) is 17.0 Å². The summed E-state index contributed by atoms with van der Waals surface area (Å²) in [5.41, 5.74) is 6.45. The number of fused-ring (bicyclic) bond motifs is 4. The van der Waals surface area contributed by atoms with E-state index in [4.69, 9.17) is 5.73 Å². The Bertz CT molecular complexity index is 1560. The maximum Gasteiger partial charge on any atom is 0.274 e. The first-order chi connectivity index (χ1) is 16.4. The van der Waals surface area contributed by atoms with Gasteiger partial charge in [0.25, 0.3) is 5.91 Å². The summed E-state index contributed by atoms with van der Waals surface area (Å²) in [6.45, 7) is 2.35. The van der Waals surface area contributed by atoms with E-state index in [1.54, 1.807) is 34.0 Å². The number of nitrogen functional groups attached to an aromatic ring is 1. The second-order valence-corrected chi connectivity index (χ2v) is 8.49. The minimum atomic E-state index is -0.820. The third-order valence-corrected chi connectivity index (χ3v) is 6.30. The summed E-state index contributed by atoms with van der Waals surface area (Å²) < 4.78 is 31.1. The number of nitrogens with zero attached hydrogens (tertiary/aromatic N) is 8. The van der Waals surface area contributed by atoms with E-state index in [0.717, 1.165) is 25.0 Å². The molecule has 10 nitrogen and oxygen atoms in total. The smallest absolute Gasteiger partial charge is 0.274 e. The quantitative estimate of drug-likeness (QED) is 0.427. The van der Waals surface area contributed by atoms with E-state index in [9.17, 15) is 13.6 Å². The molecule has 2 atom stereocenters. The zero-order valence-electron chi connectivity index (χ0n) is 18.1. The number of hydrogen-bond acceptors (Lipinski definition) is 7. The van der Waals surface area contributed by atoms with Crippen molar-refractivity contribution < 1.29 is 13.6 Å². The Balaban J connectivity index is 1.37. The normalized spacial score (nSPS) is 18.9. The van der Waals surface area contributed by atoms with Gasteiger partial charge in [-0.05, 0) is 31.9 Å². The number of likely N-dealkylation sites (tertiary alicyclic amines) is 1. The molecule has 172 valence electrons. The molecule has 12 heteroatoms. The highest BCUT2D eigenvalue weighted by Gasteiger charge is 2.33. The van der Waals surface area contributed by atoms with E-state index in [1.807, 2.05) is 6.92 Å². The number of piperidine rings is 1. The molecular weight excluding hydrogens is 444 g/mol. The molecule has 0 saturated carbocycles. The van der Waals surface area contributed by atoms with Crippen molar-refractivity contribution in [2.75, 3.05) is 12.3 Å². The molecule has 0 aliphatic carbocycles. The van der Waals surface area contributed by atoms with E-state index >= 15 is 0 Å². The third-order valence-electron chi connectivity index (χ3n) is 6.30. The van der Waals surface area contributed by atoms with Crippen molar-refractivity contribution in [2.45, 2.75) is 31.7 Å². The van der Waals surface area contributed by atoms with Crippen molar-refractivity contribution in [1.29, 1.82) is 0 Å². The summed E-state index contributed by atoms with van der Waals surface area (Å²) in [6, 6.07) is 3.67. The van der Waals surface area contributed by atoms with Crippen molar-refractivity contribution in [2.24, 2.45) is 0 Å². The fraction of sp³-hybridized carbons (Fsp3) is 0.273. The number of imidazole rings is 1. The molecule has 5 aromatic rings. The minimum absolute atomic E-state index is 0.00527. The van der Waals surface area contributed by atoms with Gasteiger partial charge < -0.3 is 10.6 Å². The van der Waals surface area contributed by atoms with Crippen LogP contribution in [0.2, 0.25) is 0 Å². The number of halogens is 2. The van der Waals surface area contributed by atoms with Crippen molar-refractivity contribution in [1.82, 2.24) is 38.9 Å². The van der Waals surface area contributed by atoms with Crippen LogP contribution in [-0.4, -0.2) is 57.3 Å². The standard InChI is InChI=1S/C22H19F2N9O/c1-11-3-4-12(9-32(11)20(34)16-10-31-6-2-5-26-22(31)27-16)18-29-19-14-7-13(23)8-15(24)17(14)28-21(25)33(19)30-18/h2,5-8,10-12H,3-4,9H2,1H3,(H2,25,28)/t11-,12?/m0/s1. The Kier molecular flexibility index (Phi) is 4.44. The van der Waals surface area contributed by atoms with Gasteiger partial charge in [-0.2, -0.15) is 4.52 Å². The molecule has 1 saturated heterocycles. The first kappa shape index (κ1) is 20.4. The Morgan fingerprint density at radius 3 is 2.85 bits per heavy atom. The van der Waals surface area contributed by atoms with Gasteiger partial charge in [0.15, 0.2) is 17.3 Å². The second-order valence-electron chi connectivity index (χ2n) is 8.49. The average molecular weight is 463 g/mol. The molecule has 4 aromatic heterocycles. The largest absolute Gasteiger partial charge is 0.368 e. The Hall–Kier alpha value is -4.22. The highest BCUT2D eigenvalue weighted by molar-refractivity contribution is 5.93. The van der Waals surface area contributed by atoms with Crippen LogP contribution in [0, 0.1) is 11.6 Å². The third kappa shape index (κ3) is 3.13. The van der Waals surface area contributed by atoms with Crippen LogP contribution < -0.4 is 5.73 Å². The fourth-order valence-corrected chi connectivity index (χ4v) is 4.53. The summed E-state index contributed by atoms with van der Waals surface area (Å²) in [5, 5.41) is 4.66. The van der Waals surface area contributed by atoms with Gasteiger partial charge in [0.2, 0.25) is 11.7 Å². The number of rotatable bonds is 2. The Morgan fingerprint density at radius 1 is 1.18 bits per heavy atom. The van der Waals surface area contributed by atoms with Crippen LogP contribution in [0.3, 0.4) is 0 Å². The van der Waals surface area contributed by atoms with Crippen LogP contribution in [0.15, 0.2) is 36.8 Å². The second kappa shape index (κ2) is 7.40. The summed E-state index contributed by atoms with van der Waals surface area (Å²) in [4.78, 5) is 32.2. The van der Waals surface area contributed by atoms with Crippen LogP contribution in [0.25, 0.3) is 22.3 Å². The van der Waals surface area contributed by atoms with Gasteiger partial charge in [-0.25, -0.2) is 28.7 Å². The molecule has 1 aliphatic heterocycles. The maximum atomic E-state index is 14.3. The predicted molar refractivity (Wildman–Crippen MR) is 118 cm³/mol. The minimum Gasteiger partial charge on any atom is -0.368 e.